The van der Waals surface area contributed by atoms with Crippen molar-refractivity contribution in [2.45, 2.75) is 18.2 Å². The first-order valence-electron chi connectivity index (χ1n) is 6.08. The molecule has 0 bridgehead atoms. The first-order valence-corrected chi connectivity index (χ1v) is 7.52. The van der Waals surface area contributed by atoms with Crippen molar-refractivity contribution in [2.24, 2.45) is 11.8 Å². The highest BCUT2D eigenvalue weighted by atomic mass is 32.2. The standard InChI is InChI=1S/C13H15NO3S/c1-9-2-4-11(5-3-9)18(16,17)14-7-10-6-13(15)12(10)8-14/h2-5,10,12H,6-8H2,1H3/t10-,12-/m0/s1. The van der Waals surface area contributed by atoms with E-state index in [1.807, 2.05) is 6.92 Å². The molecule has 4 nitrogen and oxygen atoms in total. The van der Waals surface area contributed by atoms with Gasteiger partial charge < -0.3 is 0 Å². The number of hydrogen-bond donors (Lipinski definition) is 0. The van der Waals surface area contributed by atoms with Crippen LogP contribution < -0.4 is 0 Å². The van der Waals surface area contributed by atoms with Gasteiger partial charge in [0.05, 0.1) is 4.90 Å². The first kappa shape index (κ1) is 11.9. The Bertz CT molecular complexity index is 591. The molecule has 96 valence electrons. The maximum absolute atomic E-state index is 12.4. The number of Topliss-reactive ketones (excluding diaryl/α,β-unsaturated/α-hetero) is 1. The largest absolute Gasteiger partial charge is 0.299 e. The normalized spacial score (nSPS) is 27.9. The molecule has 2 fully saturated rings. The first-order chi connectivity index (χ1) is 8.48. The van der Waals surface area contributed by atoms with E-state index in [1.165, 1.54) is 4.31 Å². The molecule has 2 atom stereocenters. The van der Waals surface area contributed by atoms with Crippen LogP contribution in [0.5, 0.6) is 0 Å². The van der Waals surface area contributed by atoms with Crippen LogP contribution in [0.4, 0.5) is 0 Å². The SMILES string of the molecule is Cc1ccc(S(=O)(=O)N2C[C@@H]3CC(=O)[C@H]3C2)cc1. The topological polar surface area (TPSA) is 54.5 Å². The number of benzene rings is 1. The van der Waals surface area contributed by atoms with Crippen molar-refractivity contribution in [1.29, 1.82) is 0 Å². The maximum atomic E-state index is 12.4. The van der Waals surface area contributed by atoms with Gasteiger partial charge in [-0.3, -0.25) is 4.79 Å². The third-order valence-corrected chi connectivity index (χ3v) is 5.79. The Kier molecular flexibility index (Phi) is 2.57. The Morgan fingerprint density at radius 2 is 1.83 bits per heavy atom. The number of carbonyl (C=O) groups excluding carboxylic acids is 1. The second-order valence-corrected chi connectivity index (χ2v) is 7.11. The summed E-state index contributed by atoms with van der Waals surface area (Å²) in [4.78, 5) is 11.7. The van der Waals surface area contributed by atoms with Crippen LogP contribution in [0.25, 0.3) is 0 Å². The molecule has 2 aliphatic rings. The van der Waals surface area contributed by atoms with Crippen molar-refractivity contribution in [2.75, 3.05) is 13.1 Å². The molecular formula is C13H15NO3S. The fourth-order valence-corrected chi connectivity index (χ4v) is 4.23. The van der Waals surface area contributed by atoms with Crippen molar-refractivity contribution >= 4 is 15.8 Å². The van der Waals surface area contributed by atoms with E-state index in [1.54, 1.807) is 24.3 Å². The lowest BCUT2D eigenvalue weighted by molar-refractivity contribution is -0.131. The van der Waals surface area contributed by atoms with Gasteiger partial charge in [0.25, 0.3) is 0 Å². The average Bonchev–Trinajstić information content (AvgIpc) is 2.67. The Hall–Kier alpha value is -1.20. The lowest BCUT2D eigenvalue weighted by Gasteiger charge is -2.26. The summed E-state index contributed by atoms with van der Waals surface area (Å²) >= 11 is 0. The zero-order chi connectivity index (χ0) is 12.9. The summed E-state index contributed by atoms with van der Waals surface area (Å²) in [6, 6.07) is 6.85. The molecule has 1 aromatic carbocycles. The monoisotopic (exact) mass is 265 g/mol. The van der Waals surface area contributed by atoms with Crippen LogP contribution in [0.15, 0.2) is 29.2 Å². The van der Waals surface area contributed by atoms with Gasteiger partial charge in [-0.05, 0) is 25.0 Å². The maximum Gasteiger partial charge on any atom is 0.243 e. The van der Waals surface area contributed by atoms with E-state index >= 15 is 0 Å². The zero-order valence-electron chi connectivity index (χ0n) is 10.2. The summed E-state index contributed by atoms with van der Waals surface area (Å²) in [6.45, 7) is 2.78. The number of fused-ring (bicyclic) bond motifs is 1. The zero-order valence-corrected chi connectivity index (χ0v) is 11.0. The van der Waals surface area contributed by atoms with Crippen molar-refractivity contribution < 1.29 is 13.2 Å². The van der Waals surface area contributed by atoms with Crippen molar-refractivity contribution in [3.63, 3.8) is 0 Å². The molecule has 0 N–H and O–H groups in total. The van der Waals surface area contributed by atoms with E-state index in [4.69, 9.17) is 0 Å². The van der Waals surface area contributed by atoms with Gasteiger partial charge in [0, 0.05) is 25.4 Å². The second kappa shape index (κ2) is 3.90. The number of ketones is 1. The molecule has 0 unspecified atom stereocenters. The molecule has 1 aromatic rings. The quantitative estimate of drug-likeness (QED) is 0.807. The predicted octanol–water partition coefficient (Wildman–Crippen LogP) is 1.20. The molecule has 1 saturated carbocycles. The van der Waals surface area contributed by atoms with Gasteiger partial charge in [0.2, 0.25) is 10.0 Å². The minimum Gasteiger partial charge on any atom is -0.299 e. The molecule has 1 heterocycles. The van der Waals surface area contributed by atoms with Crippen molar-refractivity contribution in [3.05, 3.63) is 29.8 Å². The molecule has 0 amide bonds. The van der Waals surface area contributed by atoms with Gasteiger partial charge in [-0.25, -0.2) is 8.42 Å². The van der Waals surface area contributed by atoms with Crippen molar-refractivity contribution in [1.82, 2.24) is 4.31 Å². The van der Waals surface area contributed by atoms with Gasteiger partial charge >= 0.3 is 0 Å². The summed E-state index contributed by atoms with van der Waals surface area (Å²) in [7, 11) is -3.42. The Labute approximate surface area is 107 Å². The number of aryl methyl sites for hydroxylation is 1. The fraction of sp³-hybridized carbons (Fsp3) is 0.462. The molecule has 1 saturated heterocycles. The Morgan fingerprint density at radius 1 is 1.17 bits per heavy atom. The van der Waals surface area contributed by atoms with Gasteiger partial charge in [-0.1, -0.05) is 17.7 Å². The van der Waals surface area contributed by atoms with Crippen LogP contribution in [0.3, 0.4) is 0 Å². The van der Waals surface area contributed by atoms with E-state index in [0.717, 1.165) is 5.56 Å². The molecule has 18 heavy (non-hydrogen) atoms. The van der Waals surface area contributed by atoms with Gasteiger partial charge in [-0.2, -0.15) is 4.31 Å². The number of sulfonamides is 1. The summed E-state index contributed by atoms with van der Waals surface area (Å²) < 4.78 is 26.2. The Morgan fingerprint density at radius 3 is 2.39 bits per heavy atom. The highest BCUT2D eigenvalue weighted by Crippen LogP contribution is 2.39. The minimum atomic E-state index is -3.42. The molecule has 0 aromatic heterocycles. The van der Waals surface area contributed by atoms with Crippen LogP contribution in [-0.2, 0) is 14.8 Å². The van der Waals surface area contributed by atoms with Gasteiger partial charge in [0.1, 0.15) is 5.78 Å². The summed E-state index contributed by atoms with van der Waals surface area (Å²) in [5.74, 6) is 0.407. The lowest BCUT2D eigenvalue weighted by atomic mass is 9.75. The molecule has 3 rings (SSSR count). The third-order valence-electron chi connectivity index (χ3n) is 3.94. The number of carbonyl (C=O) groups is 1. The van der Waals surface area contributed by atoms with E-state index in [-0.39, 0.29) is 17.6 Å². The van der Waals surface area contributed by atoms with Gasteiger partial charge in [-0.15, -0.1) is 0 Å². The Balaban J connectivity index is 1.87. The lowest BCUT2D eigenvalue weighted by Crippen LogP contribution is -2.35. The number of rotatable bonds is 2. The van der Waals surface area contributed by atoms with Crippen molar-refractivity contribution in [3.8, 4) is 0 Å². The highest BCUT2D eigenvalue weighted by Gasteiger charge is 2.49. The average molecular weight is 265 g/mol. The van der Waals surface area contributed by atoms with E-state index in [0.29, 0.717) is 24.4 Å². The van der Waals surface area contributed by atoms with Crippen LogP contribution in [0, 0.1) is 18.8 Å². The van der Waals surface area contributed by atoms with E-state index in [9.17, 15) is 13.2 Å². The van der Waals surface area contributed by atoms with Crippen LogP contribution in [0.1, 0.15) is 12.0 Å². The van der Waals surface area contributed by atoms with Crippen LogP contribution >= 0.6 is 0 Å². The molecule has 1 aliphatic carbocycles. The predicted molar refractivity (Wildman–Crippen MR) is 66.5 cm³/mol. The number of nitrogens with zero attached hydrogens (tertiary/aromatic N) is 1. The highest BCUT2D eigenvalue weighted by molar-refractivity contribution is 7.89. The second-order valence-electron chi connectivity index (χ2n) is 5.17. The fourth-order valence-electron chi connectivity index (χ4n) is 2.71. The molecule has 5 heteroatoms. The molecule has 1 aliphatic heterocycles. The molecule has 0 radical (unpaired) electrons. The minimum absolute atomic E-state index is 0.0507. The third kappa shape index (κ3) is 1.69. The number of hydrogen-bond acceptors (Lipinski definition) is 3. The summed E-state index contributed by atoms with van der Waals surface area (Å²) in [6.07, 6.45) is 0.546. The van der Waals surface area contributed by atoms with Gasteiger partial charge in [0.15, 0.2) is 0 Å². The summed E-state index contributed by atoms with van der Waals surface area (Å²) in [5.41, 5.74) is 1.03. The smallest absolute Gasteiger partial charge is 0.243 e. The molecule has 0 spiro atoms. The van der Waals surface area contributed by atoms with E-state index in [2.05, 4.69) is 0 Å². The van der Waals surface area contributed by atoms with Crippen LogP contribution in [0.2, 0.25) is 0 Å². The molecular weight excluding hydrogens is 250 g/mol. The van der Waals surface area contributed by atoms with E-state index < -0.39 is 10.0 Å². The summed E-state index contributed by atoms with van der Waals surface area (Å²) in [5, 5.41) is 0. The van der Waals surface area contributed by atoms with Crippen LogP contribution in [-0.4, -0.2) is 31.6 Å².